The molecule has 0 spiro atoms. The van der Waals surface area contributed by atoms with Gasteiger partial charge in [0.05, 0.1) is 12.7 Å². The van der Waals surface area contributed by atoms with Crippen LogP contribution in [0.3, 0.4) is 0 Å². The summed E-state index contributed by atoms with van der Waals surface area (Å²) in [5, 5.41) is 0. The van der Waals surface area contributed by atoms with Gasteiger partial charge in [-0.15, -0.1) is 0 Å². The van der Waals surface area contributed by atoms with Crippen LogP contribution in [0.25, 0.3) is 0 Å². The van der Waals surface area contributed by atoms with Crippen molar-refractivity contribution in [3.05, 3.63) is 101 Å². The fourth-order valence-electron chi connectivity index (χ4n) is 4.37. The first kappa shape index (κ1) is 17.5. The van der Waals surface area contributed by atoms with E-state index < -0.39 is 0 Å². The highest BCUT2D eigenvalue weighted by Gasteiger charge is 2.38. The minimum Gasteiger partial charge on any atom is -0.489 e. The summed E-state index contributed by atoms with van der Waals surface area (Å²) in [4.78, 5) is 2.51. The van der Waals surface area contributed by atoms with Gasteiger partial charge in [-0.05, 0) is 34.4 Å². The number of fused-ring (bicyclic) bond motifs is 3. The molecule has 0 amide bonds. The van der Waals surface area contributed by atoms with Crippen LogP contribution >= 0.6 is 0 Å². The highest BCUT2D eigenvalue weighted by Crippen LogP contribution is 2.38. The molecule has 0 unspecified atom stereocenters. The van der Waals surface area contributed by atoms with Gasteiger partial charge in [-0.3, -0.25) is 4.90 Å². The van der Waals surface area contributed by atoms with Gasteiger partial charge in [0.2, 0.25) is 0 Å². The zero-order chi connectivity index (χ0) is 18.8. The van der Waals surface area contributed by atoms with Gasteiger partial charge in [0.1, 0.15) is 12.4 Å². The third-order valence-corrected chi connectivity index (χ3v) is 5.81. The van der Waals surface area contributed by atoms with Gasteiger partial charge in [-0.25, -0.2) is 0 Å². The van der Waals surface area contributed by atoms with Crippen LogP contribution in [0, 0.1) is 0 Å². The number of ether oxygens (including phenoxy) is 2. The Morgan fingerprint density at radius 2 is 1.61 bits per heavy atom. The molecule has 3 aromatic rings. The first-order valence-electron chi connectivity index (χ1n) is 10.0. The quantitative estimate of drug-likeness (QED) is 0.645. The Kier molecular flexibility index (Phi) is 4.86. The van der Waals surface area contributed by atoms with Crippen molar-refractivity contribution in [3.63, 3.8) is 0 Å². The molecule has 0 aromatic heterocycles. The van der Waals surface area contributed by atoms with E-state index in [2.05, 4.69) is 65.6 Å². The summed E-state index contributed by atoms with van der Waals surface area (Å²) in [5.74, 6) is 1.37. The van der Waals surface area contributed by atoms with Crippen LogP contribution < -0.4 is 4.74 Å². The maximum absolute atomic E-state index is 6.18. The Morgan fingerprint density at radius 3 is 2.39 bits per heavy atom. The van der Waals surface area contributed by atoms with Crippen molar-refractivity contribution in [2.24, 2.45) is 0 Å². The number of hydrogen-bond acceptors (Lipinski definition) is 3. The van der Waals surface area contributed by atoms with Crippen LogP contribution in [-0.2, 0) is 24.5 Å². The summed E-state index contributed by atoms with van der Waals surface area (Å²) in [6, 6.07) is 27.5. The third kappa shape index (κ3) is 3.68. The van der Waals surface area contributed by atoms with Crippen molar-refractivity contribution in [1.29, 1.82) is 0 Å². The molecule has 3 heteroatoms. The second-order valence-corrected chi connectivity index (χ2v) is 7.77. The summed E-state index contributed by atoms with van der Waals surface area (Å²) < 4.78 is 12.3. The van der Waals surface area contributed by atoms with Crippen molar-refractivity contribution >= 4 is 0 Å². The molecular formula is C25H25NO2. The zero-order valence-electron chi connectivity index (χ0n) is 16.0. The normalized spacial score (nSPS) is 21.1. The van der Waals surface area contributed by atoms with E-state index in [9.17, 15) is 0 Å². The van der Waals surface area contributed by atoms with Crippen LogP contribution in [0.5, 0.6) is 5.75 Å². The van der Waals surface area contributed by atoms with Gasteiger partial charge in [-0.2, -0.15) is 0 Å². The molecule has 28 heavy (non-hydrogen) atoms. The maximum atomic E-state index is 6.18. The number of likely N-dealkylation sites (tertiary alicyclic amines) is 1. The fraction of sp³-hybridized carbons (Fsp3) is 0.280. The van der Waals surface area contributed by atoms with E-state index in [0.717, 1.165) is 25.4 Å². The molecule has 2 heterocycles. The van der Waals surface area contributed by atoms with Gasteiger partial charge in [-0.1, -0.05) is 66.7 Å². The SMILES string of the molecule is c1ccc(COc2ccc3c(c2)[C@H]2CN(Cc4ccccc4)C[C@H]2OC3)cc1. The van der Waals surface area contributed by atoms with E-state index in [1.165, 1.54) is 22.3 Å². The van der Waals surface area contributed by atoms with E-state index in [1.807, 2.05) is 18.2 Å². The van der Waals surface area contributed by atoms with Crippen molar-refractivity contribution in [3.8, 4) is 5.75 Å². The molecule has 1 fully saturated rings. The topological polar surface area (TPSA) is 21.7 Å². The first-order chi connectivity index (χ1) is 13.8. The number of nitrogens with zero attached hydrogens (tertiary/aromatic N) is 1. The first-order valence-corrected chi connectivity index (χ1v) is 10.0. The second kappa shape index (κ2) is 7.78. The zero-order valence-corrected chi connectivity index (χ0v) is 16.0. The Hall–Kier alpha value is -2.62. The number of rotatable bonds is 5. The van der Waals surface area contributed by atoms with E-state index in [4.69, 9.17) is 9.47 Å². The molecule has 0 radical (unpaired) electrons. The second-order valence-electron chi connectivity index (χ2n) is 7.77. The van der Waals surface area contributed by atoms with Crippen molar-refractivity contribution in [2.75, 3.05) is 13.1 Å². The molecule has 3 aromatic carbocycles. The molecular weight excluding hydrogens is 346 g/mol. The summed E-state index contributed by atoms with van der Waals surface area (Å²) >= 11 is 0. The third-order valence-electron chi connectivity index (χ3n) is 5.81. The average molecular weight is 371 g/mol. The fourth-order valence-corrected chi connectivity index (χ4v) is 4.37. The lowest BCUT2D eigenvalue weighted by Crippen LogP contribution is -2.27. The van der Waals surface area contributed by atoms with Crippen molar-refractivity contribution < 1.29 is 9.47 Å². The Labute approximate surface area is 166 Å². The summed E-state index contributed by atoms with van der Waals surface area (Å²) in [6.45, 7) is 4.32. The standard InChI is InChI=1S/C25H25NO2/c1-3-7-19(8-4-1)14-26-15-24-23-13-22(27-17-20-9-5-2-6-10-20)12-11-21(23)18-28-25(24)16-26/h1-13,24-25H,14-18H2/t24-,25-/m1/s1. The van der Waals surface area contributed by atoms with Gasteiger partial charge >= 0.3 is 0 Å². The largest absolute Gasteiger partial charge is 0.489 e. The molecule has 3 nitrogen and oxygen atoms in total. The van der Waals surface area contributed by atoms with Crippen molar-refractivity contribution in [1.82, 2.24) is 4.90 Å². The Bertz CT molecular complexity index is 926. The average Bonchev–Trinajstić information content (AvgIpc) is 3.16. The van der Waals surface area contributed by atoms with Gasteiger partial charge in [0.15, 0.2) is 0 Å². The van der Waals surface area contributed by atoms with E-state index in [-0.39, 0.29) is 6.10 Å². The highest BCUT2D eigenvalue weighted by atomic mass is 16.5. The molecule has 1 saturated heterocycles. The van der Waals surface area contributed by atoms with E-state index in [1.54, 1.807) is 0 Å². The molecule has 0 bridgehead atoms. The van der Waals surface area contributed by atoms with Gasteiger partial charge < -0.3 is 9.47 Å². The molecule has 0 aliphatic carbocycles. The van der Waals surface area contributed by atoms with Gasteiger partial charge in [0.25, 0.3) is 0 Å². The lowest BCUT2D eigenvalue weighted by atomic mass is 9.89. The molecule has 2 atom stereocenters. The molecule has 5 rings (SSSR count). The lowest BCUT2D eigenvalue weighted by molar-refractivity contribution is 0.0248. The highest BCUT2D eigenvalue weighted by molar-refractivity contribution is 5.40. The van der Waals surface area contributed by atoms with Crippen LogP contribution in [-0.4, -0.2) is 24.1 Å². The minimum absolute atomic E-state index is 0.278. The Morgan fingerprint density at radius 1 is 0.857 bits per heavy atom. The van der Waals surface area contributed by atoms with E-state index in [0.29, 0.717) is 19.1 Å². The number of hydrogen-bond donors (Lipinski definition) is 0. The van der Waals surface area contributed by atoms with Crippen LogP contribution in [0.1, 0.15) is 28.2 Å². The summed E-state index contributed by atoms with van der Waals surface area (Å²) in [6.07, 6.45) is 0.278. The number of benzene rings is 3. The summed E-state index contributed by atoms with van der Waals surface area (Å²) in [7, 11) is 0. The smallest absolute Gasteiger partial charge is 0.120 e. The monoisotopic (exact) mass is 371 g/mol. The molecule has 0 saturated carbocycles. The molecule has 142 valence electrons. The molecule has 2 aliphatic rings. The van der Waals surface area contributed by atoms with Crippen LogP contribution in [0.15, 0.2) is 78.9 Å². The lowest BCUT2D eigenvalue weighted by Gasteiger charge is -2.28. The summed E-state index contributed by atoms with van der Waals surface area (Å²) in [5.41, 5.74) is 5.25. The van der Waals surface area contributed by atoms with Crippen molar-refractivity contribution in [2.45, 2.75) is 31.8 Å². The van der Waals surface area contributed by atoms with Gasteiger partial charge in [0, 0.05) is 25.6 Å². The Balaban J connectivity index is 1.30. The predicted octanol–water partition coefficient (Wildman–Crippen LogP) is 4.76. The maximum Gasteiger partial charge on any atom is 0.120 e. The van der Waals surface area contributed by atoms with E-state index >= 15 is 0 Å². The molecule has 2 aliphatic heterocycles. The van der Waals surface area contributed by atoms with Crippen LogP contribution in [0.2, 0.25) is 0 Å². The minimum atomic E-state index is 0.278. The molecule has 0 N–H and O–H groups in total. The predicted molar refractivity (Wildman–Crippen MR) is 110 cm³/mol. The van der Waals surface area contributed by atoms with Crippen LogP contribution in [0.4, 0.5) is 0 Å².